The van der Waals surface area contributed by atoms with Crippen molar-refractivity contribution in [2.45, 2.75) is 0 Å². The van der Waals surface area contributed by atoms with Gasteiger partial charge >= 0.3 is 0 Å². The zero-order valence-electron chi connectivity index (χ0n) is 8.27. The summed E-state index contributed by atoms with van der Waals surface area (Å²) in [5.41, 5.74) is 1.06. The van der Waals surface area contributed by atoms with Gasteiger partial charge in [0.15, 0.2) is 5.82 Å². The molecule has 1 aromatic heterocycles. The van der Waals surface area contributed by atoms with E-state index in [1.165, 1.54) is 6.07 Å². The number of rotatable bonds is 2. The molecule has 0 saturated heterocycles. The molecule has 0 aliphatic heterocycles. The van der Waals surface area contributed by atoms with Crippen molar-refractivity contribution in [3.8, 4) is 6.07 Å². The summed E-state index contributed by atoms with van der Waals surface area (Å²) in [4.78, 5) is 10.8. The number of nitrogens with one attached hydrogen (secondary N) is 2. The normalized spacial score (nSPS) is 9.44. The molecule has 0 amide bonds. The van der Waals surface area contributed by atoms with E-state index >= 15 is 0 Å². The molecule has 2 N–H and O–H groups in total. The third-order valence-corrected chi connectivity index (χ3v) is 1.94. The van der Waals surface area contributed by atoms with Crippen molar-refractivity contribution in [2.75, 3.05) is 5.32 Å². The van der Waals surface area contributed by atoms with Crippen molar-refractivity contribution in [3.05, 3.63) is 52.3 Å². The molecule has 16 heavy (non-hydrogen) atoms. The second kappa shape index (κ2) is 4.28. The number of benzene rings is 1. The van der Waals surface area contributed by atoms with E-state index in [4.69, 9.17) is 5.26 Å². The van der Waals surface area contributed by atoms with Gasteiger partial charge in [0, 0.05) is 11.8 Å². The highest BCUT2D eigenvalue weighted by Gasteiger charge is 1.97. The summed E-state index contributed by atoms with van der Waals surface area (Å²) in [5.74, 6) is 0.523. The molecule has 2 rings (SSSR count). The first kappa shape index (κ1) is 9.93. The summed E-state index contributed by atoms with van der Waals surface area (Å²) < 4.78 is 0. The van der Waals surface area contributed by atoms with Crippen molar-refractivity contribution in [2.24, 2.45) is 0 Å². The van der Waals surface area contributed by atoms with Crippen LogP contribution < -0.4 is 10.9 Å². The van der Waals surface area contributed by atoms with E-state index in [-0.39, 0.29) is 5.56 Å². The van der Waals surface area contributed by atoms with Gasteiger partial charge < -0.3 is 5.32 Å². The van der Waals surface area contributed by atoms with E-state index < -0.39 is 0 Å². The Kier molecular flexibility index (Phi) is 2.65. The Morgan fingerprint density at radius 2 is 2.19 bits per heavy atom. The Balaban J connectivity index is 2.24. The maximum atomic E-state index is 10.8. The highest BCUT2D eigenvalue weighted by Crippen LogP contribution is 2.14. The molecule has 2 aromatic rings. The molecule has 0 bridgehead atoms. The highest BCUT2D eigenvalue weighted by molar-refractivity contribution is 5.57. The van der Waals surface area contributed by atoms with E-state index in [0.717, 1.165) is 5.69 Å². The van der Waals surface area contributed by atoms with Crippen LogP contribution in [0.2, 0.25) is 0 Å². The topological polar surface area (TPSA) is 81.6 Å². The number of nitrogens with zero attached hydrogens (tertiary/aromatic N) is 2. The van der Waals surface area contributed by atoms with Gasteiger partial charge in [0.05, 0.1) is 11.6 Å². The number of anilines is 2. The van der Waals surface area contributed by atoms with Gasteiger partial charge in [0.2, 0.25) is 0 Å². The SMILES string of the molecule is N#Cc1cccc(Nc2ccc(=O)[nH]n2)c1. The molecule has 78 valence electrons. The van der Waals surface area contributed by atoms with Crippen molar-refractivity contribution in [1.29, 1.82) is 5.26 Å². The average Bonchev–Trinajstić information content (AvgIpc) is 2.32. The summed E-state index contributed by atoms with van der Waals surface area (Å²) in [6.45, 7) is 0. The van der Waals surface area contributed by atoms with Crippen LogP contribution in [0.15, 0.2) is 41.2 Å². The van der Waals surface area contributed by atoms with Crippen LogP contribution in [-0.4, -0.2) is 10.2 Å². The number of H-pyrrole nitrogens is 1. The first-order chi connectivity index (χ1) is 7.78. The molecule has 0 aliphatic rings. The molecular formula is C11H8N4O. The van der Waals surface area contributed by atoms with E-state index in [0.29, 0.717) is 11.4 Å². The van der Waals surface area contributed by atoms with Crippen LogP contribution in [0.4, 0.5) is 11.5 Å². The molecule has 0 radical (unpaired) electrons. The standard InChI is InChI=1S/C11H8N4O/c12-7-8-2-1-3-9(6-8)13-10-4-5-11(16)15-14-10/h1-6H,(H,13,14)(H,15,16). The van der Waals surface area contributed by atoms with Crippen LogP contribution in [-0.2, 0) is 0 Å². The summed E-state index contributed by atoms with van der Waals surface area (Å²) in [6.07, 6.45) is 0. The molecule has 5 heteroatoms. The van der Waals surface area contributed by atoms with Crippen LogP contribution in [0.25, 0.3) is 0 Å². The van der Waals surface area contributed by atoms with Crippen LogP contribution in [0.3, 0.4) is 0 Å². The molecule has 0 aliphatic carbocycles. The third kappa shape index (κ3) is 2.25. The van der Waals surface area contributed by atoms with Crippen LogP contribution in [0.5, 0.6) is 0 Å². The number of hydrogen-bond acceptors (Lipinski definition) is 4. The van der Waals surface area contributed by atoms with E-state index in [1.54, 1.807) is 24.3 Å². The van der Waals surface area contributed by atoms with Crippen LogP contribution in [0.1, 0.15) is 5.56 Å². The van der Waals surface area contributed by atoms with Gasteiger partial charge in [-0.1, -0.05) is 6.07 Å². The largest absolute Gasteiger partial charge is 0.339 e. The van der Waals surface area contributed by atoms with Gasteiger partial charge in [-0.05, 0) is 24.3 Å². The quantitative estimate of drug-likeness (QED) is 0.788. The summed E-state index contributed by atoms with van der Waals surface area (Å²) in [7, 11) is 0. The first-order valence-electron chi connectivity index (χ1n) is 4.61. The lowest BCUT2D eigenvalue weighted by atomic mass is 10.2. The number of nitriles is 1. The molecule has 0 spiro atoms. The van der Waals surface area contributed by atoms with Gasteiger partial charge in [-0.15, -0.1) is 0 Å². The maximum absolute atomic E-state index is 10.8. The monoisotopic (exact) mass is 212 g/mol. The zero-order chi connectivity index (χ0) is 11.4. The van der Waals surface area contributed by atoms with Crippen LogP contribution >= 0.6 is 0 Å². The Labute approximate surface area is 91.4 Å². The molecular weight excluding hydrogens is 204 g/mol. The predicted molar refractivity (Wildman–Crippen MR) is 59.3 cm³/mol. The van der Waals surface area contributed by atoms with Gasteiger partial charge in [-0.3, -0.25) is 4.79 Å². The summed E-state index contributed by atoms with van der Waals surface area (Å²) in [5, 5.41) is 17.8. The number of aromatic nitrogens is 2. The lowest BCUT2D eigenvalue weighted by Crippen LogP contribution is -2.07. The van der Waals surface area contributed by atoms with Crippen molar-refractivity contribution < 1.29 is 0 Å². The van der Waals surface area contributed by atoms with Gasteiger partial charge in [0.25, 0.3) is 5.56 Å². The second-order valence-corrected chi connectivity index (χ2v) is 3.12. The fraction of sp³-hybridized carbons (Fsp3) is 0. The fourth-order valence-electron chi connectivity index (χ4n) is 1.23. The van der Waals surface area contributed by atoms with Crippen molar-refractivity contribution in [3.63, 3.8) is 0 Å². The second-order valence-electron chi connectivity index (χ2n) is 3.12. The summed E-state index contributed by atoms with van der Waals surface area (Å²) >= 11 is 0. The summed E-state index contributed by atoms with van der Waals surface area (Å²) in [6, 6.07) is 12.0. The molecule has 0 atom stereocenters. The van der Waals surface area contributed by atoms with Gasteiger partial charge in [0.1, 0.15) is 0 Å². The van der Waals surface area contributed by atoms with E-state index in [1.807, 2.05) is 12.1 Å². The van der Waals surface area contributed by atoms with Gasteiger partial charge in [-0.2, -0.15) is 10.4 Å². The third-order valence-electron chi connectivity index (χ3n) is 1.94. The maximum Gasteiger partial charge on any atom is 0.264 e. The van der Waals surface area contributed by atoms with E-state index in [2.05, 4.69) is 15.5 Å². The fourth-order valence-corrected chi connectivity index (χ4v) is 1.23. The highest BCUT2D eigenvalue weighted by atomic mass is 16.1. The lowest BCUT2D eigenvalue weighted by Gasteiger charge is -2.04. The smallest absolute Gasteiger partial charge is 0.264 e. The van der Waals surface area contributed by atoms with Crippen LogP contribution in [0, 0.1) is 11.3 Å². The Bertz CT molecular complexity index is 577. The Hall–Kier alpha value is -2.61. The number of hydrogen-bond donors (Lipinski definition) is 2. The lowest BCUT2D eigenvalue weighted by molar-refractivity contribution is 0.994. The van der Waals surface area contributed by atoms with E-state index in [9.17, 15) is 4.79 Å². The molecule has 1 heterocycles. The minimum atomic E-state index is -0.253. The molecule has 0 fully saturated rings. The predicted octanol–water partition coefficient (Wildman–Crippen LogP) is 1.39. The Morgan fingerprint density at radius 1 is 1.31 bits per heavy atom. The molecule has 1 aromatic carbocycles. The minimum absolute atomic E-state index is 0.253. The van der Waals surface area contributed by atoms with Gasteiger partial charge in [-0.25, -0.2) is 5.10 Å². The first-order valence-corrected chi connectivity index (χ1v) is 4.61. The molecule has 5 nitrogen and oxygen atoms in total. The number of aromatic amines is 1. The minimum Gasteiger partial charge on any atom is -0.339 e. The average molecular weight is 212 g/mol. The molecule has 0 saturated carbocycles. The van der Waals surface area contributed by atoms with Crippen molar-refractivity contribution >= 4 is 11.5 Å². The Morgan fingerprint density at radius 3 is 2.88 bits per heavy atom. The zero-order valence-corrected chi connectivity index (χ0v) is 8.27. The van der Waals surface area contributed by atoms with Crippen molar-refractivity contribution in [1.82, 2.24) is 10.2 Å². The molecule has 0 unspecified atom stereocenters.